The molecule has 0 bridgehead atoms. The fraction of sp³-hybridized carbons (Fsp3) is 0.476. The SMILES string of the molecule is CC1CC(C)CN(c2cc(C(=O)O)c3cc(NC(=O)C(C)C)ccc3n2)C1. The number of piperidine rings is 1. The van der Waals surface area contributed by atoms with Crippen molar-refractivity contribution in [1.29, 1.82) is 0 Å². The Hall–Kier alpha value is -2.63. The zero-order valence-electron chi connectivity index (χ0n) is 16.3. The third kappa shape index (κ3) is 4.21. The first-order valence-electron chi connectivity index (χ1n) is 9.48. The van der Waals surface area contributed by atoms with Gasteiger partial charge in [-0.1, -0.05) is 27.7 Å². The largest absolute Gasteiger partial charge is 0.478 e. The molecule has 3 rings (SSSR count). The van der Waals surface area contributed by atoms with E-state index in [2.05, 4.69) is 24.1 Å². The van der Waals surface area contributed by atoms with Crippen LogP contribution in [0.3, 0.4) is 0 Å². The van der Waals surface area contributed by atoms with Crippen molar-refractivity contribution in [3.05, 3.63) is 29.8 Å². The summed E-state index contributed by atoms with van der Waals surface area (Å²) in [5, 5.41) is 13.1. The summed E-state index contributed by atoms with van der Waals surface area (Å²) >= 11 is 0. The van der Waals surface area contributed by atoms with E-state index in [0.717, 1.165) is 13.1 Å². The zero-order valence-corrected chi connectivity index (χ0v) is 16.3. The first kappa shape index (κ1) is 19.1. The van der Waals surface area contributed by atoms with Crippen molar-refractivity contribution < 1.29 is 14.7 Å². The van der Waals surface area contributed by atoms with E-state index in [0.29, 0.717) is 34.2 Å². The Balaban J connectivity index is 2.02. The van der Waals surface area contributed by atoms with E-state index in [1.165, 1.54) is 6.42 Å². The predicted molar refractivity (Wildman–Crippen MR) is 107 cm³/mol. The number of fused-ring (bicyclic) bond motifs is 1. The van der Waals surface area contributed by atoms with Gasteiger partial charge in [-0.3, -0.25) is 4.79 Å². The number of carbonyl (C=O) groups excluding carboxylic acids is 1. The minimum Gasteiger partial charge on any atom is -0.478 e. The number of amides is 1. The second-order valence-electron chi connectivity index (χ2n) is 8.06. The summed E-state index contributed by atoms with van der Waals surface area (Å²) in [6.45, 7) is 9.81. The predicted octanol–water partition coefficient (Wildman–Crippen LogP) is 4.01. The molecule has 2 heterocycles. The van der Waals surface area contributed by atoms with E-state index >= 15 is 0 Å². The number of carboxylic acids is 1. The Morgan fingerprint density at radius 3 is 2.44 bits per heavy atom. The molecule has 1 aliphatic heterocycles. The molecule has 1 amide bonds. The summed E-state index contributed by atoms with van der Waals surface area (Å²) < 4.78 is 0. The maximum absolute atomic E-state index is 11.9. The van der Waals surface area contributed by atoms with E-state index in [1.54, 1.807) is 24.3 Å². The van der Waals surface area contributed by atoms with Crippen LogP contribution in [0.25, 0.3) is 10.9 Å². The molecule has 1 aliphatic rings. The van der Waals surface area contributed by atoms with Gasteiger partial charge in [0.2, 0.25) is 5.91 Å². The Morgan fingerprint density at radius 1 is 1.19 bits per heavy atom. The fourth-order valence-electron chi connectivity index (χ4n) is 3.77. The molecule has 0 aliphatic carbocycles. The lowest BCUT2D eigenvalue weighted by Gasteiger charge is -2.36. The first-order chi connectivity index (χ1) is 12.7. The fourth-order valence-corrected chi connectivity index (χ4v) is 3.77. The molecule has 1 aromatic heterocycles. The molecular weight excluding hydrogens is 342 g/mol. The normalized spacial score (nSPS) is 20.1. The smallest absolute Gasteiger partial charge is 0.336 e. The average molecular weight is 369 g/mol. The Labute approximate surface area is 159 Å². The maximum Gasteiger partial charge on any atom is 0.336 e. The van der Waals surface area contributed by atoms with Gasteiger partial charge in [-0.05, 0) is 42.5 Å². The third-order valence-electron chi connectivity index (χ3n) is 5.01. The number of carbonyl (C=O) groups is 2. The van der Waals surface area contributed by atoms with Crippen molar-refractivity contribution in [3.8, 4) is 0 Å². The summed E-state index contributed by atoms with van der Waals surface area (Å²) in [7, 11) is 0. The highest BCUT2D eigenvalue weighted by Gasteiger charge is 2.24. The highest BCUT2D eigenvalue weighted by Crippen LogP contribution is 2.30. The summed E-state index contributed by atoms with van der Waals surface area (Å²) in [5.74, 6) is 0.558. The van der Waals surface area contributed by atoms with Gasteiger partial charge in [0.25, 0.3) is 0 Å². The average Bonchev–Trinajstić information content (AvgIpc) is 2.59. The van der Waals surface area contributed by atoms with Gasteiger partial charge in [-0.15, -0.1) is 0 Å². The molecule has 2 atom stereocenters. The lowest BCUT2D eigenvalue weighted by Crippen LogP contribution is -2.39. The molecule has 1 fully saturated rings. The van der Waals surface area contributed by atoms with Crippen molar-refractivity contribution in [2.45, 2.75) is 34.1 Å². The quantitative estimate of drug-likeness (QED) is 0.851. The van der Waals surface area contributed by atoms with Crippen LogP contribution in [-0.2, 0) is 4.79 Å². The monoisotopic (exact) mass is 369 g/mol. The molecule has 2 unspecified atom stereocenters. The lowest BCUT2D eigenvalue weighted by atomic mass is 9.92. The van der Waals surface area contributed by atoms with Crippen LogP contribution < -0.4 is 10.2 Å². The van der Waals surface area contributed by atoms with Crippen LogP contribution in [0.15, 0.2) is 24.3 Å². The number of hydrogen-bond acceptors (Lipinski definition) is 4. The molecule has 0 spiro atoms. The standard InChI is InChI=1S/C21H27N3O3/c1-12(2)20(25)22-15-5-6-18-16(8-15)17(21(26)27)9-19(23-18)24-10-13(3)7-14(4)11-24/h5-6,8-9,12-14H,7,10-11H2,1-4H3,(H,22,25)(H,26,27). The second kappa shape index (κ2) is 7.55. The van der Waals surface area contributed by atoms with Gasteiger partial charge < -0.3 is 15.3 Å². The second-order valence-corrected chi connectivity index (χ2v) is 8.06. The van der Waals surface area contributed by atoms with Gasteiger partial charge in [0.15, 0.2) is 0 Å². The van der Waals surface area contributed by atoms with Crippen molar-refractivity contribution in [2.24, 2.45) is 17.8 Å². The van der Waals surface area contributed by atoms with Crippen molar-refractivity contribution >= 4 is 34.3 Å². The van der Waals surface area contributed by atoms with E-state index in [4.69, 9.17) is 4.98 Å². The molecule has 27 heavy (non-hydrogen) atoms. The van der Waals surface area contributed by atoms with E-state index in [1.807, 2.05) is 13.8 Å². The Morgan fingerprint density at radius 2 is 1.85 bits per heavy atom. The van der Waals surface area contributed by atoms with E-state index in [9.17, 15) is 14.7 Å². The first-order valence-corrected chi connectivity index (χ1v) is 9.48. The molecular formula is C21H27N3O3. The lowest BCUT2D eigenvalue weighted by molar-refractivity contribution is -0.118. The van der Waals surface area contributed by atoms with Crippen molar-refractivity contribution in [3.63, 3.8) is 0 Å². The Bertz CT molecular complexity index is 868. The van der Waals surface area contributed by atoms with E-state index in [-0.39, 0.29) is 17.4 Å². The molecule has 2 N–H and O–H groups in total. The molecule has 6 heteroatoms. The van der Waals surface area contributed by atoms with Gasteiger partial charge >= 0.3 is 5.97 Å². The number of rotatable bonds is 4. The van der Waals surface area contributed by atoms with Gasteiger partial charge in [0.1, 0.15) is 5.82 Å². The van der Waals surface area contributed by atoms with Gasteiger partial charge in [-0.2, -0.15) is 0 Å². The summed E-state index contributed by atoms with van der Waals surface area (Å²) in [6.07, 6.45) is 1.18. The van der Waals surface area contributed by atoms with Gasteiger partial charge in [0.05, 0.1) is 11.1 Å². The Kier molecular flexibility index (Phi) is 5.35. The maximum atomic E-state index is 11.9. The molecule has 1 saturated heterocycles. The minimum atomic E-state index is -0.992. The number of hydrogen-bond donors (Lipinski definition) is 2. The van der Waals surface area contributed by atoms with E-state index < -0.39 is 5.97 Å². The van der Waals surface area contributed by atoms with Gasteiger partial charge in [-0.25, -0.2) is 9.78 Å². The van der Waals surface area contributed by atoms with Crippen LogP contribution in [0.2, 0.25) is 0 Å². The third-order valence-corrected chi connectivity index (χ3v) is 5.01. The number of anilines is 2. The zero-order chi connectivity index (χ0) is 19.7. The summed E-state index contributed by atoms with van der Waals surface area (Å²) in [6, 6.07) is 6.89. The van der Waals surface area contributed by atoms with Crippen LogP contribution in [-0.4, -0.2) is 35.1 Å². The van der Waals surface area contributed by atoms with Crippen LogP contribution >= 0.6 is 0 Å². The summed E-state index contributed by atoms with van der Waals surface area (Å²) in [5.41, 5.74) is 1.42. The van der Waals surface area contributed by atoms with Crippen molar-refractivity contribution in [2.75, 3.05) is 23.3 Å². The highest BCUT2D eigenvalue weighted by molar-refractivity contribution is 6.05. The number of pyridine rings is 1. The number of nitrogens with one attached hydrogen (secondary N) is 1. The number of aromatic carboxylic acids is 1. The molecule has 144 valence electrons. The van der Waals surface area contributed by atoms with Gasteiger partial charge in [0, 0.05) is 30.1 Å². The molecule has 6 nitrogen and oxygen atoms in total. The molecule has 0 radical (unpaired) electrons. The van der Waals surface area contributed by atoms with Crippen LogP contribution in [0.4, 0.5) is 11.5 Å². The minimum absolute atomic E-state index is 0.105. The molecule has 2 aromatic rings. The number of carboxylic acid groups (broad SMARTS) is 1. The topological polar surface area (TPSA) is 82.5 Å². The molecule has 0 saturated carbocycles. The van der Waals surface area contributed by atoms with Crippen molar-refractivity contribution in [1.82, 2.24) is 4.98 Å². The number of aromatic nitrogens is 1. The number of nitrogens with zero attached hydrogens (tertiary/aromatic N) is 2. The highest BCUT2D eigenvalue weighted by atomic mass is 16.4. The van der Waals surface area contributed by atoms with Crippen LogP contribution in [0.5, 0.6) is 0 Å². The van der Waals surface area contributed by atoms with Crippen LogP contribution in [0, 0.1) is 17.8 Å². The van der Waals surface area contributed by atoms with Crippen LogP contribution in [0.1, 0.15) is 44.5 Å². The summed E-state index contributed by atoms with van der Waals surface area (Å²) in [4.78, 5) is 30.7. The molecule has 1 aromatic carbocycles. The number of benzene rings is 1.